The maximum atomic E-state index is 14.6. The molecule has 0 aliphatic rings. The summed E-state index contributed by atoms with van der Waals surface area (Å²) >= 11 is 0. The van der Waals surface area contributed by atoms with Gasteiger partial charge in [-0.05, 0) is 37.1 Å². The van der Waals surface area contributed by atoms with Crippen LogP contribution in [-0.4, -0.2) is 39.7 Å². The van der Waals surface area contributed by atoms with Crippen LogP contribution < -0.4 is 10.1 Å². The Morgan fingerprint density at radius 3 is 2.48 bits per heavy atom. The average Bonchev–Trinajstić information content (AvgIpc) is 3.18. The number of nitrogens with one attached hydrogen (secondary N) is 1. The molecule has 31 heavy (non-hydrogen) atoms. The molecule has 11 heteroatoms. The highest BCUT2D eigenvalue weighted by Crippen LogP contribution is 2.38. The first-order chi connectivity index (χ1) is 14.7. The van der Waals surface area contributed by atoms with Gasteiger partial charge in [-0.15, -0.1) is 0 Å². The van der Waals surface area contributed by atoms with Gasteiger partial charge in [0, 0.05) is 25.4 Å². The second-order valence-electron chi connectivity index (χ2n) is 6.95. The number of alkyl halides is 3. The van der Waals surface area contributed by atoms with E-state index in [1.54, 1.807) is 6.92 Å². The average molecular weight is 439 g/mol. The zero-order valence-corrected chi connectivity index (χ0v) is 17.1. The summed E-state index contributed by atoms with van der Waals surface area (Å²) in [5.74, 6) is -1.43. The smallest absolute Gasteiger partial charge is 0.421 e. The van der Waals surface area contributed by atoms with E-state index < -0.39 is 23.4 Å². The lowest BCUT2D eigenvalue weighted by Gasteiger charge is -2.18. The standard InChI is InChI=1S/C20H21F4N5O2/c1-12-6-15(8-17(21)18(12)28-13(2)11-30-3)31-19-16(20(22,23)24)7-14(9-25-19)10-29-26-4-5-27-29/h4-9,13,28H,10-11H2,1-3H3/t13-/m0/s1. The minimum Gasteiger partial charge on any atom is -0.438 e. The Bertz CT molecular complexity index is 1000. The van der Waals surface area contributed by atoms with E-state index >= 15 is 0 Å². The Balaban J connectivity index is 1.87. The van der Waals surface area contributed by atoms with Gasteiger partial charge in [0.2, 0.25) is 5.88 Å². The minimum atomic E-state index is -4.72. The zero-order valence-electron chi connectivity index (χ0n) is 17.1. The van der Waals surface area contributed by atoms with Crippen LogP contribution in [0.5, 0.6) is 11.6 Å². The van der Waals surface area contributed by atoms with E-state index in [1.807, 2.05) is 6.92 Å². The third kappa shape index (κ3) is 5.69. The molecular formula is C20H21F4N5O2. The maximum Gasteiger partial charge on any atom is 0.421 e. The van der Waals surface area contributed by atoms with Crippen LogP contribution in [0.15, 0.2) is 36.8 Å². The first-order valence-corrected chi connectivity index (χ1v) is 9.31. The summed E-state index contributed by atoms with van der Waals surface area (Å²) in [5, 5.41) is 10.7. The Hall–Kier alpha value is -3.21. The second kappa shape index (κ2) is 9.29. The predicted molar refractivity (Wildman–Crippen MR) is 105 cm³/mol. The van der Waals surface area contributed by atoms with Gasteiger partial charge in [-0.1, -0.05) is 0 Å². The van der Waals surface area contributed by atoms with Crippen molar-refractivity contribution in [2.24, 2.45) is 0 Å². The molecule has 3 rings (SSSR count). The molecule has 0 spiro atoms. The Labute approximate surface area is 176 Å². The van der Waals surface area contributed by atoms with Crippen molar-refractivity contribution in [3.05, 3.63) is 59.3 Å². The summed E-state index contributed by atoms with van der Waals surface area (Å²) in [6.45, 7) is 3.80. The van der Waals surface area contributed by atoms with Gasteiger partial charge in [-0.25, -0.2) is 9.37 Å². The molecule has 7 nitrogen and oxygen atoms in total. The summed E-state index contributed by atoms with van der Waals surface area (Å²) in [6, 6.07) is 3.20. The Kier molecular flexibility index (Phi) is 6.74. The third-order valence-electron chi connectivity index (χ3n) is 4.29. The topological polar surface area (TPSA) is 74.1 Å². The van der Waals surface area contributed by atoms with E-state index in [4.69, 9.17) is 9.47 Å². The maximum absolute atomic E-state index is 14.6. The number of benzene rings is 1. The molecule has 0 aliphatic carbocycles. The molecule has 3 aromatic rings. The van der Waals surface area contributed by atoms with Crippen LogP contribution in [0.3, 0.4) is 0 Å². The summed E-state index contributed by atoms with van der Waals surface area (Å²) in [5.41, 5.74) is -0.146. The number of halogens is 4. The molecule has 0 fully saturated rings. The van der Waals surface area contributed by atoms with Gasteiger partial charge in [-0.2, -0.15) is 28.2 Å². The van der Waals surface area contributed by atoms with Crippen LogP contribution >= 0.6 is 0 Å². The highest BCUT2D eigenvalue weighted by Gasteiger charge is 2.36. The van der Waals surface area contributed by atoms with Crippen molar-refractivity contribution in [1.29, 1.82) is 0 Å². The number of aryl methyl sites for hydroxylation is 1. The number of anilines is 1. The molecule has 0 aliphatic heterocycles. The number of hydrogen-bond donors (Lipinski definition) is 1. The molecule has 0 saturated heterocycles. The monoisotopic (exact) mass is 439 g/mol. The van der Waals surface area contributed by atoms with Crippen molar-refractivity contribution in [3.8, 4) is 11.6 Å². The molecule has 1 aromatic carbocycles. The number of pyridine rings is 1. The van der Waals surface area contributed by atoms with E-state index in [-0.39, 0.29) is 29.6 Å². The summed E-state index contributed by atoms with van der Waals surface area (Å²) in [6.07, 6.45) is -0.651. The molecule has 0 amide bonds. The summed E-state index contributed by atoms with van der Waals surface area (Å²) < 4.78 is 65.7. The van der Waals surface area contributed by atoms with Crippen molar-refractivity contribution < 1.29 is 27.0 Å². The first kappa shape index (κ1) is 22.5. The lowest BCUT2D eigenvalue weighted by Crippen LogP contribution is -2.22. The van der Waals surface area contributed by atoms with Crippen molar-refractivity contribution >= 4 is 5.69 Å². The van der Waals surface area contributed by atoms with Gasteiger partial charge in [-0.3, -0.25) is 0 Å². The molecule has 2 aromatic heterocycles. The van der Waals surface area contributed by atoms with Crippen molar-refractivity contribution in [1.82, 2.24) is 20.0 Å². The third-order valence-corrected chi connectivity index (χ3v) is 4.29. The van der Waals surface area contributed by atoms with Crippen LogP contribution in [-0.2, 0) is 17.5 Å². The molecule has 2 heterocycles. The van der Waals surface area contributed by atoms with E-state index in [1.165, 1.54) is 36.6 Å². The van der Waals surface area contributed by atoms with Gasteiger partial charge >= 0.3 is 6.18 Å². The van der Waals surface area contributed by atoms with Crippen LogP contribution in [0, 0.1) is 12.7 Å². The summed E-state index contributed by atoms with van der Waals surface area (Å²) in [4.78, 5) is 5.04. The van der Waals surface area contributed by atoms with E-state index in [2.05, 4.69) is 20.5 Å². The van der Waals surface area contributed by atoms with Gasteiger partial charge in [0.15, 0.2) is 0 Å². The van der Waals surface area contributed by atoms with E-state index in [0.29, 0.717) is 12.2 Å². The van der Waals surface area contributed by atoms with Crippen molar-refractivity contribution in [2.45, 2.75) is 32.6 Å². The van der Waals surface area contributed by atoms with Crippen LogP contribution in [0.1, 0.15) is 23.6 Å². The lowest BCUT2D eigenvalue weighted by molar-refractivity contribution is -0.138. The minimum absolute atomic E-state index is 0.0110. The highest BCUT2D eigenvalue weighted by atomic mass is 19.4. The molecule has 0 radical (unpaired) electrons. The van der Waals surface area contributed by atoms with Crippen LogP contribution in [0.25, 0.3) is 0 Å². The fraction of sp³-hybridized carbons (Fsp3) is 0.350. The molecule has 0 unspecified atom stereocenters. The normalized spacial score (nSPS) is 12.6. The fourth-order valence-electron chi connectivity index (χ4n) is 2.96. The number of hydrogen-bond acceptors (Lipinski definition) is 6. The molecule has 1 atom stereocenters. The Morgan fingerprint density at radius 1 is 1.16 bits per heavy atom. The number of methoxy groups -OCH3 is 1. The van der Waals surface area contributed by atoms with E-state index in [0.717, 1.165) is 12.1 Å². The number of ether oxygens (including phenoxy) is 2. The molecular weight excluding hydrogens is 418 g/mol. The van der Waals surface area contributed by atoms with Crippen LogP contribution in [0.2, 0.25) is 0 Å². The van der Waals surface area contributed by atoms with Gasteiger partial charge < -0.3 is 14.8 Å². The van der Waals surface area contributed by atoms with Gasteiger partial charge in [0.25, 0.3) is 0 Å². The van der Waals surface area contributed by atoms with Gasteiger partial charge in [0.05, 0.1) is 31.2 Å². The zero-order chi connectivity index (χ0) is 22.6. The quantitative estimate of drug-likeness (QED) is 0.524. The largest absolute Gasteiger partial charge is 0.438 e. The predicted octanol–water partition coefficient (Wildman–Crippen LogP) is 4.43. The number of aromatic nitrogens is 4. The van der Waals surface area contributed by atoms with Gasteiger partial charge in [0.1, 0.15) is 17.1 Å². The van der Waals surface area contributed by atoms with Crippen molar-refractivity contribution in [3.63, 3.8) is 0 Å². The van der Waals surface area contributed by atoms with Crippen LogP contribution in [0.4, 0.5) is 23.2 Å². The van der Waals surface area contributed by atoms with Crippen molar-refractivity contribution in [2.75, 3.05) is 19.0 Å². The summed E-state index contributed by atoms with van der Waals surface area (Å²) in [7, 11) is 1.53. The number of rotatable bonds is 8. The highest BCUT2D eigenvalue weighted by molar-refractivity contribution is 5.56. The lowest BCUT2D eigenvalue weighted by atomic mass is 10.1. The fourth-order valence-corrected chi connectivity index (χ4v) is 2.96. The molecule has 0 bridgehead atoms. The molecule has 0 saturated carbocycles. The number of nitrogens with zero attached hydrogens (tertiary/aromatic N) is 4. The molecule has 1 N–H and O–H groups in total. The Morgan fingerprint density at radius 2 is 1.87 bits per heavy atom. The first-order valence-electron chi connectivity index (χ1n) is 9.31. The SMILES string of the molecule is COC[C@H](C)Nc1c(C)cc(Oc2ncc(Cn3nccn3)cc2C(F)(F)F)cc1F. The second-order valence-corrected chi connectivity index (χ2v) is 6.95. The molecule has 166 valence electrons. The van der Waals surface area contributed by atoms with E-state index in [9.17, 15) is 17.6 Å².